The highest BCUT2D eigenvalue weighted by molar-refractivity contribution is 5.86. The number of nitrogens with one attached hydrogen (secondary N) is 1. The quantitative estimate of drug-likeness (QED) is 0.833. The minimum atomic E-state index is -1.02. The lowest BCUT2D eigenvalue weighted by Gasteiger charge is -2.38. The van der Waals surface area contributed by atoms with Crippen molar-refractivity contribution in [2.24, 2.45) is 0 Å². The Morgan fingerprint density at radius 1 is 1.25 bits per heavy atom. The lowest BCUT2D eigenvalue weighted by Crippen LogP contribution is -2.58. The van der Waals surface area contributed by atoms with Crippen LogP contribution in [0.15, 0.2) is 0 Å². The number of likely N-dealkylation sites (tertiary alicyclic amines) is 1. The third-order valence-electron chi connectivity index (χ3n) is 4.72. The van der Waals surface area contributed by atoms with Crippen LogP contribution in [-0.4, -0.2) is 40.1 Å². The first kappa shape index (κ1) is 15.1. The first-order valence-electron chi connectivity index (χ1n) is 7.91. The number of hydrogen-bond acceptors (Lipinski definition) is 2. The van der Waals surface area contributed by atoms with Gasteiger partial charge in [-0.1, -0.05) is 26.2 Å². The van der Waals surface area contributed by atoms with Crippen LogP contribution < -0.4 is 5.32 Å². The van der Waals surface area contributed by atoms with E-state index in [1.807, 2.05) is 4.90 Å². The summed E-state index contributed by atoms with van der Waals surface area (Å²) in [6, 6.07) is 0.105. The van der Waals surface area contributed by atoms with E-state index in [0.29, 0.717) is 12.8 Å². The van der Waals surface area contributed by atoms with E-state index in [1.165, 1.54) is 6.42 Å². The van der Waals surface area contributed by atoms with Gasteiger partial charge in [-0.3, -0.25) is 0 Å². The molecule has 1 aliphatic carbocycles. The predicted molar refractivity (Wildman–Crippen MR) is 76.6 cm³/mol. The Morgan fingerprint density at radius 2 is 1.95 bits per heavy atom. The van der Waals surface area contributed by atoms with Crippen molar-refractivity contribution in [1.29, 1.82) is 0 Å². The minimum absolute atomic E-state index is 0.174. The number of nitrogens with zero attached hydrogens (tertiary/aromatic N) is 1. The highest BCUT2D eigenvalue weighted by Crippen LogP contribution is 2.31. The predicted octanol–water partition coefficient (Wildman–Crippen LogP) is 2.75. The molecule has 20 heavy (non-hydrogen) atoms. The first-order chi connectivity index (χ1) is 9.59. The topological polar surface area (TPSA) is 69.6 Å². The highest BCUT2D eigenvalue weighted by atomic mass is 16.4. The molecular weight excluding hydrogens is 256 g/mol. The second-order valence-electron chi connectivity index (χ2n) is 6.16. The van der Waals surface area contributed by atoms with E-state index in [1.54, 1.807) is 0 Å². The van der Waals surface area contributed by atoms with Crippen molar-refractivity contribution in [2.45, 2.75) is 76.3 Å². The zero-order valence-corrected chi connectivity index (χ0v) is 12.4. The molecule has 1 aliphatic heterocycles. The van der Waals surface area contributed by atoms with E-state index in [4.69, 9.17) is 0 Å². The van der Waals surface area contributed by atoms with Gasteiger partial charge in [0.15, 0.2) is 0 Å². The Hall–Kier alpha value is -1.26. The highest BCUT2D eigenvalue weighted by Gasteiger charge is 2.44. The largest absolute Gasteiger partial charge is 0.480 e. The van der Waals surface area contributed by atoms with E-state index in [9.17, 15) is 14.7 Å². The van der Waals surface area contributed by atoms with Crippen LogP contribution in [0, 0.1) is 0 Å². The van der Waals surface area contributed by atoms with Gasteiger partial charge in [0.2, 0.25) is 0 Å². The summed E-state index contributed by atoms with van der Waals surface area (Å²) in [7, 11) is 0. The SMILES string of the molecule is CCCC1CCCCN1C(=O)NC1(C(=O)O)CCCC1. The van der Waals surface area contributed by atoms with E-state index < -0.39 is 11.5 Å². The summed E-state index contributed by atoms with van der Waals surface area (Å²) in [5, 5.41) is 12.3. The monoisotopic (exact) mass is 282 g/mol. The molecular formula is C15H26N2O3. The van der Waals surface area contributed by atoms with Crippen LogP contribution in [0.4, 0.5) is 4.79 Å². The van der Waals surface area contributed by atoms with Crippen LogP contribution in [-0.2, 0) is 4.79 Å². The third-order valence-corrected chi connectivity index (χ3v) is 4.72. The van der Waals surface area contributed by atoms with Crippen molar-refractivity contribution in [3.05, 3.63) is 0 Å². The summed E-state index contributed by atoms with van der Waals surface area (Å²) in [6.07, 6.45) is 8.16. The van der Waals surface area contributed by atoms with Gasteiger partial charge in [-0.25, -0.2) is 9.59 Å². The Morgan fingerprint density at radius 3 is 2.55 bits per heavy atom. The van der Waals surface area contributed by atoms with Crippen molar-refractivity contribution in [3.63, 3.8) is 0 Å². The molecule has 2 rings (SSSR count). The van der Waals surface area contributed by atoms with Crippen LogP contribution >= 0.6 is 0 Å². The number of aliphatic carboxylic acids is 1. The molecule has 1 unspecified atom stereocenters. The molecule has 1 saturated carbocycles. The molecule has 0 aromatic carbocycles. The number of carboxylic acids is 1. The van der Waals surface area contributed by atoms with Crippen molar-refractivity contribution in [2.75, 3.05) is 6.54 Å². The number of carbonyl (C=O) groups excluding carboxylic acids is 1. The Balaban J connectivity index is 2.03. The zero-order valence-electron chi connectivity index (χ0n) is 12.4. The van der Waals surface area contributed by atoms with Gasteiger partial charge in [0, 0.05) is 12.6 Å². The number of hydrogen-bond donors (Lipinski definition) is 2. The standard InChI is InChI=1S/C15H26N2O3/c1-2-7-12-8-3-6-11-17(12)14(20)16-15(13(18)19)9-4-5-10-15/h12H,2-11H2,1H3,(H,16,20)(H,18,19). The molecule has 5 heteroatoms. The van der Waals surface area contributed by atoms with Crippen molar-refractivity contribution in [3.8, 4) is 0 Å². The van der Waals surface area contributed by atoms with Gasteiger partial charge in [-0.15, -0.1) is 0 Å². The van der Waals surface area contributed by atoms with E-state index in [2.05, 4.69) is 12.2 Å². The van der Waals surface area contributed by atoms with Crippen molar-refractivity contribution in [1.82, 2.24) is 10.2 Å². The van der Waals surface area contributed by atoms with Gasteiger partial charge in [-0.2, -0.15) is 0 Å². The number of carboxylic acid groups (broad SMARTS) is 1. The van der Waals surface area contributed by atoms with Gasteiger partial charge < -0.3 is 15.3 Å². The number of carbonyl (C=O) groups is 2. The van der Waals surface area contributed by atoms with Gasteiger partial charge in [0.25, 0.3) is 0 Å². The maximum atomic E-state index is 12.5. The molecule has 2 aliphatic rings. The fourth-order valence-corrected chi connectivity index (χ4v) is 3.55. The molecule has 0 bridgehead atoms. The Bertz CT molecular complexity index is 362. The second-order valence-corrected chi connectivity index (χ2v) is 6.16. The number of rotatable bonds is 4. The van der Waals surface area contributed by atoms with Crippen LogP contribution in [0.3, 0.4) is 0 Å². The number of piperidine rings is 1. The van der Waals surface area contributed by atoms with Gasteiger partial charge in [0.1, 0.15) is 5.54 Å². The molecule has 2 amide bonds. The van der Waals surface area contributed by atoms with Crippen LogP contribution in [0.5, 0.6) is 0 Å². The van der Waals surface area contributed by atoms with E-state index in [-0.39, 0.29) is 12.1 Å². The number of urea groups is 1. The first-order valence-corrected chi connectivity index (χ1v) is 7.91. The summed E-state index contributed by atoms with van der Waals surface area (Å²) in [5.41, 5.74) is -1.02. The molecule has 0 spiro atoms. The summed E-state index contributed by atoms with van der Waals surface area (Å²) in [4.78, 5) is 25.9. The average Bonchev–Trinajstić information content (AvgIpc) is 2.89. The molecule has 1 saturated heterocycles. The molecule has 1 atom stereocenters. The van der Waals surface area contributed by atoms with Crippen molar-refractivity contribution >= 4 is 12.0 Å². The molecule has 2 N–H and O–H groups in total. The molecule has 0 radical (unpaired) electrons. The summed E-state index contributed by atoms with van der Waals surface area (Å²) in [6.45, 7) is 2.88. The fraction of sp³-hybridized carbons (Fsp3) is 0.867. The van der Waals surface area contributed by atoms with Crippen LogP contribution in [0.2, 0.25) is 0 Å². The average molecular weight is 282 g/mol. The van der Waals surface area contributed by atoms with Gasteiger partial charge in [-0.05, 0) is 38.5 Å². The Kier molecular flexibility index (Phi) is 4.89. The smallest absolute Gasteiger partial charge is 0.329 e. The summed E-state index contributed by atoms with van der Waals surface area (Å²) < 4.78 is 0. The minimum Gasteiger partial charge on any atom is -0.480 e. The van der Waals surface area contributed by atoms with E-state index in [0.717, 1.165) is 45.1 Å². The molecule has 5 nitrogen and oxygen atoms in total. The van der Waals surface area contributed by atoms with E-state index >= 15 is 0 Å². The van der Waals surface area contributed by atoms with Gasteiger partial charge >= 0.3 is 12.0 Å². The maximum absolute atomic E-state index is 12.5. The van der Waals surface area contributed by atoms with Crippen LogP contribution in [0.1, 0.15) is 64.7 Å². The summed E-state index contributed by atoms with van der Waals surface area (Å²) >= 11 is 0. The molecule has 0 aromatic rings. The lowest BCUT2D eigenvalue weighted by atomic mass is 9.96. The summed E-state index contributed by atoms with van der Waals surface area (Å²) in [5.74, 6) is -0.882. The third kappa shape index (κ3) is 3.07. The van der Waals surface area contributed by atoms with Crippen molar-refractivity contribution < 1.29 is 14.7 Å². The number of amides is 2. The zero-order chi connectivity index (χ0) is 14.6. The lowest BCUT2D eigenvalue weighted by molar-refractivity contribution is -0.144. The molecule has 1 heterocycles. The second kappa shape index (κ2) is 6.46. The maximum Gasteiger partial charge on any atom is 0.329 e. The molecule has 2 fully saturated rings. The normalized spacial score (nSPS) is 25.4. The molecule has 0 aromatic heterocycles. The Labute approximate surface area is 120 Å². The van der Waals surface area contributed by atoms with Gasteiger partial charge in [0.05, 0.1) is 0 Å². The van der Waals surface area contributed by atoms with Crippen LogP contribution in [0.25, 0.3) is 0 Å². The fourth-order valence-electron chi connectivity index (χ4n) is 3.55. The molecule has 114 valence electrons.